The Morgan fingerprint density at radius 1 is 1.08 bits per heavy atom. The smallest absolute Gasteiger partial charge is 0.0901 e. The molecule has 1 aliphatic heterocycles. The lowest BCUT2D eigenvalue weighted by Crippen LogP contribution is -2.30. The number of epoxide rings is 1. The Morgan fingerprint density at radius 2 is 1.69 bits per heavy atom. The molecule has 0 radical (unpaired) electrons. The van der Waals surface area contributed by atoms with Crippen LogP contribution in [0.3, 0.4) is 0 Å². The third-order valence-electron chi connectivity index (χ3n) is 7.06. The number of methoxy groups -OCH3 is 1. The van der Waals surface area contributed by atoms with Crippen LogP contribution in [-0.2, 0) is 14.2 Å². The monoisotopic (exact) mass is 368 g/mol. The molecule has 2 fully saturated rings. The molecule has 2 rings (SSSR count). The van der Waals surface area contributed by atoms with E-state index in [1.807, 2.05) is 7.11 Å². The molecule has 26 heavy (non-hydrogen) atoms. The van der Waals surface area contributed by atoms with Crippen LogP contribution in [0.5, 0.6) is 0 Å². The summed E-state index contributed by atoms with van der Waals surface area (Å²) in [5.41, 5.74) is 0.222. The van der Waals surface area contributed by atoms with Gasteiger partial charge in [0, 0.05) is 13.0 Å². The van der Waals surface area contributed by atoms with E-state index in [1.54, 1.807) is 0 Å². The molecule has 1 heterocycles. The Balaban J connectivity index is 1.69. The van der Waals surface area contributed by atoms with Gasteiger partial charge in [0.1, 0.15) is 0 Å². The van der Waals surface area contributed by atoms with E-state index >= 15 is 0 Å². The van der Waals surface area contributed by atoms with Crippen molar-refractivity contribution in [3.05, 3.63) is 0 Å². The maximum absolute atomic E-state index is 6.04. The largest absolute Gasteiger partial charge is 0.378 e. The average molecular weight is 369 g/mol. The van der Waals surface area contributed by atoms with Gasteiger partial charge in [-0.25, -0.2) is 0 Å². The van der Waals surface area contributed by atoms with Gasteiger partial charge in [-0.05, 0) is 70.1 Å². The van der Waals surface area contributed by atoms with Gasteiger partial charge in [0.15, 0.2) is 0 Å². The highest BCUT2D eigenvalue weighted by Crippen LogP contribution is 2.60. The highest BCUT2D eigenvalue weighted by molar-refractivity contribution is 5.16. The van der Waals surface area contributed by atoms with Crippen LogP contribution < -0.4 is 0 Å². The van der Waals surface area contributed by atoms with Crippen molar-refractivity contribution >= 4 is 0 Å². The van der Waals surface area contributed by atoms with E-state index in [2.05, 4.69) is 62.3 Å². The standard InChI is InChI=1S/C23H44O3/c1-15(16(2)13-22(7,8)14-25-21(4,5)6)11-12-18-20(26-18)19-17(3)23(19,9)24-10/h15-20H,11-14H2,1-10H3. The van der Waals surface area contributed by atoms with Crippen molar-refractivity contribution in [2.45, 2.75) is 105 Å². The fourth-order valence-corrected chi connectivity index (χ4v) is 4.63. The lowest BCUT2D eigenvalue weighted by atomic mass is 9.77. The molecule has 0 bridgehead atoms. The summed E-state index contributed by atoms with van der Waals surface area (Å²) in [5, 5.41) is 0. The molecular formula is C23H44O3. The first kappa shape index (κ1) is 22.2. The molecule has 3 heteroatoms. The molecule has 2 aliphatic rings. The van der Waals surface area contributed by atoms with Crippen molar-refractivity contribution in [3.8, 4) is 0 Å². The molecule has 1 saturated heterocycles. The van der Waals surface area contributed by atoms with Crippen LogP contribution in [0.1, 0.15) is 81.6 Å². The van der Waals surface area contributed by atoms with E-state index in [1.165, 1.54) is 19.3 Å². The third kappa shape index (κ3) is 5.45. The van der Waals surface area contributed by atoms with Crippen LogP contribution in [0.2, 0.25) is 0 Å². The molecule has 154 valence electrons. The van der Waals surface area contributed by atoms with E-state index in [-0.39, 0.29) is 16.6 Å². The Kier molecular flexibility index (Phi) is 6.58. The Morgan fingerprint density at radius 3 is 2.19 bits per heavy atom. The van der Waals surface area contributed by atoms with Crippen LogP contribution in [0, 0.1) is 29.1 Å². The van der Waals surface area contributed by atoms with Crippen LogP contribution >= 0.6 is 0 Å². The van der Waals surface area contributed by atoms with Gasteiger partial charge in [0.2, 0.25) is 0 Å². The van der Waals surface area contributed by atoms with Gasteiger partial charge >= 0.3 is 0 Å². The maximum Gasteiger partial charge on any atom is 0.0901 e. The number of ether oxygens (including phenoxy) is 3. The second-order valence-electron chi connectivity index (χ2n) is 11.1. The zero-order chi connectivity index (χ0) is 19.9. The molecule has 3 nitrogen and oxygen atoms in total. The van der Waals surface area contributed by atoms with Gasteiger partial charge in [-0.15, -0.1) is 0 Å². The van der Waals surface area contributed by atoms with Gasteiger partial charge in [0.25, 0.3) is 0 Å². The van der Waals surface area contributed by atoms with E-state index in [0.717, 1.165) is 12.5 Å². The number of rotatable bonds is 10. The van der Waals surface area contributed by atoms with Crippen molar-refractivity contribution in [2.24, 2.45) is 29.1 Å². The fourth-order valence-electron chi connectivity index (χ4n) is 4.63. The molecule has 0 amide bonds. The number of hydrogen-bond donors (Lipinski definition) is 0. The molecule has 1 saturated carbocycles. The zero-order valence-corrected chi connectivity index (χ0v) is 19.0. The first-order valence-corrected chi connectivity index (χ1v) is 10.7. The quantitative estimate of drug-likeness (QED) is 0.463. The summed E-state index contributed by atoms with van der Waals surface area (Å²) in [6.45, 7) is 21.2. The van der Waals surface area contributed by atoms with E-state index in [9.17, 15) is 0 Å². The maximum atomic E-state index is 6.04. The minimum Gasteiger partial charge on any atom is -0.378 e. The van der Waals surface area contributed by atoms with Crippen LogP contribution in [0.4, 0.5) is 0 Å². The fraction of sp³-hybridized carbons (Fsp3) is 1.00. The first-order valence-electron chi connectivity index (χ1n) is 10.7. The Labute approximate surface area is 162 Å². The molecule has 7 unspecified atom stereocenters. The summed E-state index contributed by atoms with van der Waals surface area (Å²) >= 11 is 0. The van der Waals surface area contributed by atoms with E-state index in [0.29, 0.717) is 30.0 Å². The molecule has 0 aromatic rings. The van der Waals surface area contributed by atoms with Crippen LogP contribution in [0.15, 0.2) is 0 Å². The van der Waals surface area contributed by atoms with Gasteiger partial charge in [-0.3, -0.25) is 0 Å². The van der Waals surface area contributed by atoms with Crippen molar-refractivity contribution in [1.82, 2.24) is 0 Å². The molecule has 0 spiro atoms. The molecular weight excluding hydrogens is 324 g/mol. The predicted octanol–water partition coefficient (Wildman–Crippen LogP) is 5.71. The summed E-state index contributed by atoms with van der Waals surface area (Å²) in [6.07, 6.45) is 4.56. The average Bonchev–Trinajstić information content (AvgIpc) is 3.39. The lowest BCUT2D eigenvalue weighted by molar-refractivity contribution is -0.0498. The Hall–Kier alpha value is -0.120. The minimum atomic E-state index is -0.0545. The molecule has 7 atom stereocenters. The summed E-state index contributed by atoms with van der Waals surface area (Å²) in [4.78, 5) is 0. The summed E-state index contributed by atoms with van der Waals surface area (Å²) in [6, 6.07) is 0. The van der Waals surface area contributed by atoms with Crippen LogP contribution in [0.25, 0.3) is 0 Å². The second-order valence-corrected chi connectivity index (χ2v) is 11.1. The zero-order valence-electron chi connectivity index (χ0n) is 19.0. The third-order valence-corrected chi connectivity index (χ3v) is 7.06. The molecule has 0 N–H and O–H groups in total. The minimum absolute atomic E-state index is 0.0510. The highest BCUT2D eigenvalue weighted by Gasteiger charge is 2.68. The lowest BCUT2D eigenvalue weighted by Gasteiger charge is -2.33. The molecule has 0 aromatic heterocycles. The van der Waals surface area contributed by atoms with E-state index in [4.69, 9.17) is 14.2 Å². The van der Waals surface area contributed by atoms with Crippen molar-refractivity contribution < 1.29 is 14.2 Å². The van der Waals surface area contributed by atoms with Crippen LogP contribution in [-0.4, -0.2) is 37.1 Å². The van der Waals surface area contributed by atoms with Crippen molar-refractivity contribution in [1.29, 1.82) is 0 Å². The Bertz CT molecular complexity index is 467. The SMILES string of the molecule is COC1(C)C(C)C1C1OC1CCC(C)C(C)CC(C)(C)COC(C)(C)C. The topological polar surface area (TPSA) is 31.0 Å². The van der Waals surface area contributed by atoms with Crippen molar-refractivity contribution in [3.63, 3.8) is 0 Å². The summed E-state index contributed by atoms with van der Waals surface area (Å²) < 4.78 is 17.8. The normalized spacial score (nSPS) is 36.7. The van der Waals surface area contributed by atoms with Gasteiger partial charge in [0.05, 0.1) is 30.0 Å². The summed E-state index contributed by atoms with van der Waals surface area (Å²) in [7, 11) is 1.84. The van der Waals surface area contributed by atoms with Gasteiger partial charge in [-0.1, -0.05) is 34.6 Å². The van der Waals surface area contributed by atoms with Crippen molar-refractivity contribution in [2.75, 3.05) is 13.7 Å². The second kappa shape index (κ2) is 7.72. The predicted molar refractivity (Wildman–Crippen MR) is 108 cm³/mol. The summed E-state index contributed by atoms with van der Waals surface area (Å²) in [5.74, 6) is 2.65. The molecule has 0 aromatic carbocycles. The van der Waals surface area contributed by atoms with E-state index < -0.39 is 0 Å². The van der Waals surface area contributed by atoms with Gasteiger partial charge < -0.3 is 14.2 Å². The van der Waals surface area contributed by atoms with Gasteiger partial charge in [-0.2, -0.15) is 0 Å². The molecule has 1 aliphatic carbocycles. The highest BCUT2D eigenvalue weighted by atomic mass is 16.6. The number of hydrogen-bond acceptors (Lipinski definition) is 3. The first-order chi connectivity index (χ1) is 11.8.